The van der Waals surface area contributed by atoms with Crippen LogP contribution in [0.2, 0.25) is 0 Å². The van der Waals surface area contributed by atoms with Crippen LogP contribution in [0.15, 0.2) is 72.9 Å². The molecule has 0 unspecified atom stereocenters. The maximum absolute atomic E-state index is 12.2. The number of carbonyl (C=O) groups excluding carboxylic acids is 1. The molecule has 0 fully saturated rings. The highest BCUT2D eigenvalue weighted by Gasteiger charge is 2.07. The van der Waals surface area contributed by atoms with Crippen molar-refractivity contribution in [3.8, 4) is 11.5 Å². The quantitative estimate of drug-likeness (QED) is 0.589. The van der Waals surface area contributed by atoms with Gasteiger partial charge in [-0.25, -0.2) is 0 Å². The molecule has 0 radical (unpaired) electrons. The highest BCUT2D eigenvalue weighted by molar-refractivity contribution is 5.78. The first-order valence-corrected chi connectivity index (χ1v) is 9.00. The van der Waals surface area contributed by atoms with Crippen LogP contribution in [0.5, 0.6) is 11.5 Å². The number of halogens is 2. The molecule has 3 aromatic rings. The zero-order valence-electron chi connectivity index (χ0n) is 15.6. The maximum atomic E-state index is 12.2. The van der Waals surface area contributed by atoms with Crippen LogP contribution in [-0.4, -0.2) is 17.5 Å². The van der Waals surface area contributed by atoms with Crippen LogP contribution in [0.25, 0.3) is 0 Å². The molecule has 0 saturated carbocycles. The van der Waals surface area contributed by atoms with Gasteiger partial charge in [0.1, 0.15) is 18.1 Å². The standard InChI is InChI=1S/C22H20F2N2O3/c23-22(24)29-19-9-7-16(8-10-19)13-21(27)26-14-17-4-3-6-20(12-17)28-15-18-5-1-2-11-25-18/h1-12,22H,13-15H2,(H,26,27). The molecule has 1 N–H and O–H groups in total. The molecule has 0 aliphatic heterocycles. The second-order valence-electron chi connectivity index (χ2n) is 6.23. The lowest BCUT2D eigenvalue weighted by Gasteiger charge is -2.09. The summed E-state index contributed by atoms with van der Waals surface area (Å²) >= 11 is 0. The number of hydrogen-bond donors (Lipinski definition) is 1. The number of alkyl halides is 2. The average Bonchev–Trinajstić information content (AvgIpc) is 2.73. The normalized spacial score (nSPS) is 10.6. The van der Waals surface area contributed by atoms with Crippen LogP contribution in [0.1, 0.15) is 16.8 Å². The highest BCUT2D eigenvalue weighted by atomic mass is 19.3. The lowest BCUT2D eigenvalue weighted by atomic mass is 10.1. The molecule has 0 bridgehead atoms. The Kier molecular flexibility index (Phi) is 7.10. The highest BCUT2D eigenvalue weighted by Crippen LogP contribution is 2.16. The maximum Gasteiger partial charge on any atom is 0.387 e. The average molecular weight is 398 g/mol. The smallest absolute Gasteiger partial charge is 0.387 e. The molecule has 1 heterocycles. The minimum Gasteiger partial charge on any atom is -0.487 e. The minimum atomic E-state index is -2.87. The molecule has 0 aliphatic rings. The predicted octanol–water partition coefficient (Wildman–Crippen LogP) is 4.12. The van der Waals surface area contributed by atoms with Crippen molar-refractivity contribution < 1.29 is 23.0 Å². The van der Waals surface area contributed by atoms with Gasteiger partial charge in [-0.1, -0.05) is 30.3 Å². The van der Waals surface area contributed by atoms with Gasteiger partial charge in [0, 0.05) is 12.7 Å². The summed E-state index contributed by atoms with van der Waals surface area (Å²) in [5, 5.41) is 2.84. The fourth-order valence-electron chi connectivity index (χ4n) is 2.62. The predicted molar refractivity (Wildman–Crippen MR) is 104 cm³/mol. The van der Waals surface area contributed by atoms with Crippen molar-refractivity contribution >= 4 is 5.91 Å². The fraction of sp³-hybridized carbons (Fsp3) is 0.182. The van der Waals surface area contributed by atoms with E-state index in [0.29, 0.717) is 24.5 Å². The van der Waals surface area contributed by atoms with E-state index in [1.165, 1.54) is 12.1 Å². The van der Waals surface area contributed by atoms with Crippen molar-refractivity contribution in [2.24, 2.45) is 0 Å². The molecular formula is C22H20F2N2O3. The van der Waals surface area contributed by atoms with Crippen molar-refractivity contribution in [3.63, 3.8) is 0 Å². The molecular weight excluding hydrogens is 378 g/mol. The number of nitrogens with zero attached hydrogens (tertiary/aromatic N) is 1. The largest absolute Gasteiger partial charge is 0.487 e. The van der Waals surface area contributed by atoms with Gasteiger partial charge in [-0.3, -0.25) is 9.78 Å². The van der Waals surface area contributed by atoms with E-state index in [9.17, 15) is 13.6 Å². The van der Waals surface area contributed by atoms with Gasteiger partial charge in [0.25, 0.3) is 0 Å². The number of aromatic nitrogens is 1. The summed E-state index contributed by atoms with van der Waals surface area (Å²) in [7, 11) is 0. The zero-order chi connectivity index (χ0) is 20.5. The van der Waals surface area contributed by atoms with Crippen LogP contribution < -0.4 is 14.8 Å². The van der Waals surface area contributed by atoms with E-state index in [-0.39, 0.29) is 18.1 Å². The van der Waals surface area contributed by atoms with E-state index in [1.54, 1.807) is 18.3 Å². The molecule has 2 aromatic carbocycles. The molecule has 7 heteroatoms. The van der Waals surface area contributed by atoms with Gasteiger partial charge in [-0.2, -0.15) is 8.78 Å². The molecule has 1 amide bonds. The first-order valence-electron chi connectivity index (χ1n) is 9.00. The molecule has 29 heavy (non-hydrogen) atoms. The van der Waals surface area contributed by atoms with Crippen LogP contribution in [-0.2, 0) is 24.4 Å². The third kappa shape index (κ3) is 6.88. The van der Waals surface area contributed by atoms with Crippen LogP contribution in [0, 0.1) is 0 Å². The molecule has 0 aliphatic carbocycles. The Bertz CT molecular complexity index is 919. The monoisotopic (exact) mass is 398 g/mol. The Hall–Kier alpha value is -3.48. The number of hydrogen-bond acceptors (Lipinski definition) is 4. The Labute approximate surface area is 167 Å². The summed E-state index contributed by atoms with van der Waals surface area (Å²) < 4.78 is 34.3. The van der Waals surface area contributed by atoms with E-state index in [2.05, 4.69) is 15.0 Å². The summed E-state index contributed by atoms with van der Waals surface area (Å²) in [6.45, 7) is -2.15. The van der Waals surface area contributed by atoms with Gasteiger partial charge in [-0.15, -0.1) is 0 Å². The number of benzene rings is 2. The van der Waals surface area contributed by atoms with E-state index in [1.807, 2.05) is 42.5 Å². The number of ether oxygens (including phenoxy) is 2. The van der Waals surface area contributed by atoms with Gasteiger partial charge in [0.15, 0.2) is 0 Å². The van der Waals surface area contributed by atoms with Crippen molar-refractivity contribution in [2.45, 2.75) is 26.2 Å². The Morgan fingerprint density at radius 3 is 2.52 bits per heavy atom. The molecule has 150 valence electrons. The van der Waals surface area contributed by atoms with E-state index >= 15 is 0 Å². The SMILES string of the molecule is O=C(Cc1ccc(OC(F)F)cc1)NCc1cccc(OCc2ccccn2)c1. The molecule has 0 saturated heterocycles. The summed E-state index contributed by atoms with van der Waals surface area (Å²) in [5.41, 5.74) is 2.44. The number of rotatable bonds is 9. The van der Waals surface area contributed by atoms with Gasteiger partial charge in [0.05, 0.1) is 12.1 Å². The van der Waals surface area contributed by atoms with Gasteiger partial charge in [0.2, 0.25) is 5.91 Å². The first kappa shape index (κ1) is 20.3. The Morgan fingerprint density at radius 1 is 0.966 bits per heavy atom. The number of nitrogens with one attached hydrogen (secondary N) is 1. The third-order valence-corrected chi connectivity index (χ3v) is 4.01. The van der Waals surface area contributed by atoms with E-state index in [4.69, 9.17) is 4.74 Å². The first-order chi connectivity index (χ1) is 14.1. The summed E-state index contributed by atoms with van der Waals surface area (Å²) in [6.07, 6.45) is 1.86. The van der Waals surface area contributed by atoms with Crippen LogP contribution in [0.3, 0.4) is 0 Å². The minimum absolute atomic E-state index is 0.0617. The van der Waals surface area contributed by atoms with Crippen molar-refractivity contribution in [2.75, 3.05) is 0 Å². The van der Waals surface area contributed by atoms with Crippen molar-refractivity contribution in [1.29, 1.82) is 0 Å². The van der Waals surface area contributed by atoms with Crippen molar-refractivity contribution in [3.05, 3.63) is 89.7 Å². The lowest BCUT2D eigenvalue weighted by Crippen LogP contribution is -2.24. The Morgan fingerprint density at radius 2 is 1.79 bits per heavy atom. The topological polar surface area (TPSA) is 60.5 Å². The number of amides is 1. The summed E-state index contributed by atoms with van der Waals surface area (Å²) in [5.74, 6) is 0.580. The second-order valence-corrected chi connectivity index (χ2v) is 6.23. The molecule has 3 rings (SSSR count). The fourth-order valence-corrected chi connectivity index (χ4v) is 2.62. The lowest BCUT2D eigenvalue weighted by molar-refractivity contribution is -0.120. The number of carbonyl (C=O) groups is 1. The molecule has 0 atom stereocenters. The second kappa shape index (κ2) is 10.2. The van der Waals surface area contributed by atoms with E-state index in [0.717, 1.165) is 11.3 Å². The van der Waals surface area contributed by atoms with Gasteiger partial charge < -0.3 is 14.8 Å². The van der Waals surface area contributed by atoms with E-state index < -0.39 is 6.61 Å². The van der Waals surface area contributed by atoms with Gasteiger partial charge in [-0.05, 0) is 47.5 Å². The Balaban J connectivity index is 1.47. The molecule has 5 nitrogen and oxygen atoms in total. The summed E-state index contributed by atoms with van der Waals surface area (Å²) in [6, 6.07) is 19.1. The zero-order valence-corrected chi connectivity index (χ0v) is 15.6. The molecule has 0 spiro atoms. The molecule has 1 aromatic heterocycles. The number of pyridine rings is 1. The van der Waals surface area contributed by atoms with Crippen LogP contribution in [0.4, 0.5) is 8.78 Å². The summed E-state index contributed by atoms with van der Waals surface area (Å²) in [4.78, 5) is 16.4. The third-order valence-electron chi connectivity index (χ3n) is 4.01. The van der Waals surface area contributed by atoms with Crippen LogP contribution >= 0.6 is 0 Å². The van der Waals surface area contributed by atoms with Gasteiger partial charge >= 0.3 is 6.61 Å². The van der Waals surface area contributed by atoms with Crippen molar-refractivity contribution in [1.82, 2.24) is 10.3 Å².